The highest BCUT2D eigenvalue weighted by Crippen LogP contribution is 2.25. The number of aliphatic hydroxyl groups is 1. The van der Waals surface area contributed by atoms with Crippen molar-refractivity contribution in [3.05, 3.63) is 28.2 Å². The summed E-state index contributed by atoms with van der Waals surface area (Å²) in [6.45, 7) is 5.23. The molecule has 0 spiro atoms. The molecule has 0 radical (unpaired) electrons. The van der Waals surface area contributed by atoms with Crippen LogP contribution < -0.4 is 10.6 Å². The first-order valence-electron chi connectivity index (χ1n) is 5.98. The van der Waals surface area contributed by atoms with Crippen molar-refractivity contribution in [2.24, 2.45) is 5.73 Å². The summed E-state index contributed by atoms with van der Waals surface area (Å²) < 4.78 is 0.821. The number of hydrogen-bond donors (Lipinski definition) is 3. The third-order valence-electron chi connectivity index (χ3n) is 2.75. The molecule has 0 aliphatic carbocycles. The molecule has 4 nitrogen and oxygen atoms in total. The SMILES string of the molecule is CC(C)N(CCCO)c1ccc(C(=N)N)c(Br)c1. The van der Waals surface area contributed by atoms with E-state index in [1.165, 1.54) is 0 Å². The minimum Gasteiger partial charge on any atom is -0.396 e. The van der Waals surface area contributed by atoms with Crippen molar-refractivity contribution in [3.8, 4) is 0 Å². The molecule has 18 heavy (non-hydrogen) atoms. The summed E-state index contributed by atoms with van der Waals surface area (Å²) >= 11 is 3.44. The Labute approximate surface area is 116 Å². The number of nitrogens with zero attached hydrogens (tertiary/aromatic N) is 1. The Morgan fingerprint density at radius 1 is 1.50 bits per heavy atom. The molecule has 0 bridgehead atoms. The molecule has 1 aromatic carbocycles. The zero-order valence-corrected chi connectivity index (χ0v) is 12.4. The van der Waals surface area contributed by atoms with Gasteiger partial charge in [0, 0.05) is 34.9 Å². The minimum atomic E-state index is 0.0554. The van der Waals surface area contributed by atoms with Crippen LogP contribution in [0.5, 0.6) is 0 Å². The number of halogens is 1. The van der Waals surface area contributed by atoms with Gasteiger partial charge in [-0.05, 0) is 54.4 Å². The zero-order valence-electron chi connectivity index (χ0n) is 10.8. The van der Waals surface area contributed by atoms with E-state index < -0.39 is 0 Å². The zero-order chi connectivity index (χ0) is 13.7. The molecule has 0 saturated carbocycles. The van der Waals surface area contributed by atoms with Crippen LogP contribution in [0.25, 0.3) is 0 Å². The minimum absolute atomic E-state index is 0.0554. The first kappa shape index (κ1) is 15.0. The van der Waals surface area contributed by atoms with Crippen molar-refractivity contribution in [1.82, 2.24) is 0 Å². The van der Waals surface area contributed by atoms with Crippen LogP contribution in [0.2, 0.25) is 0 Å². The van der Waals surface area contributed by atoms with Gasteiger partial charge in [0.1, 0.15) is 5.84 Å². The lowest BCUT2D eigenvalue weighted by atomic mass is 10.1. The van der Waals surface area contributed by atoms with Gasteiger partial charge in [-0.2, -0.15) is 0 Å². The number of aliphatic hydroxyl groups excluding tert-OH is 1. The van der Waals surface area contributed by atoms with Gasteiger partial charge in [-0.25, -0.2) is 0 Å². The monoisotopic (exact) mass is 313 g/mol. The molecule has 4 N–H and O–H groups in total. The van der Waals surface area contributed by atoms with Crippen LogP contribution in [-0.4, -0.2) is 30.1 Å². The van der Waals surface area contributed by atoms with Gasteiger partial charge < -0.3 is 15.7 Å². The molecule has 100 valence electrons. The molecular formula is C13H20BrN3O. The molecular weight excluding hydrogens is 294 g/mol. The normalized spacial score (nSPS) is 10.7. The lowest BCUT2D eigenvalue weighted by molar-refractivity contribution is 0.288. The third kappa shape index (κ3) is 3.71. The fourth-order valence-electron chi connectivity index (χ4n) is 1.83. The quantitative estimate of drug-likeness (QED) is 0.557. The van der Waals surface area contributed by atoms with E-state index in [1.807, 2.05) is 18.2 Å². The first-order valence-corrected chi connectivity index (χ1v) is 6.78. The van der Waals surface area contributed by atoms with Gasteiger partial charge in [-0.3, -0.25) is 5.41 Å². The number of nitrogen functional groups attached to an aromatic ring is 1. The molecule has 0 heterocycles. The Bertz CT molecular complexity index is 421. The smallest absolute Gasteiger partial charge is 0.123 e. The van der Waals surface area contributed by atoms with E-state index in [4.69, 9.17) is 16.2 Å². The molecule has 0 amide bonds. The fraction of sp³-hybridized carbons (Fsp3) is 0.462. The predicted molar refractivity (Wildman–Crippen MR) is 79.3 cm³/mol. The Hall–Kier alpha value is -1.07. The molecule has 0 aliphatic heterocycles. The average Bonchev–Trinajstić information content (AvgIpc) is 2.28. The Morgan fingerprint density at radius 3 is 2.61 bits per heavy atom. The molecule has 0 saturated heterocycles. The maximum atomic E-state index is 8.93. The molecule has 0 fully saturated rings. The van der Waals surface area contributed by atoms with Crippen molar-refractivity contribution in [2.75, 3.05) is 18.1 Å². The fourth-order valence-corrected chi connectivity index (χ4v) is 2.41. The van der Waals surface area contributed by atoms with E-state index in [0.29, 0.717) is 11.6 Å². The van der Waals surface area contributed by atoms with Crippen LogP contribution >= 0.6 is 15.9 Å². The number of amidine groups is 1. The third-order valence-corrected chi connectivity index (χ3v) is 3.41. The van der Waals surface area contributed by atoms with Gasteiger partial charge in [0.25, 0.3) is 0 Å². The van der Waals surface area contributed by atoms with Crippen molar-refractivity contribution < 1.29 is 5.11 Å². The van der Waals surface area contributed by atoms with Crippen molar-refractivity contribution in [3.63, 3.8) is 0 Å². The summed E-state index contributed by atoms with van der Waals surface area (Å²) in [5.41, 5.74) is 7.25. The lowest BCUT2D eigenvalue weighted by Gasteiger charge is -2.29. The second-order valence-electron chi connectivity index (χ2n) is 4.44. The van der Waals surface area contributed by atoms with E-state index in [1.54, 1.807) is 0 Å². The molecule has 1 rings (SSSR count). The van der Waals surface area contributed by atoms with Crippen LogP contribution in [0.15, 0.2) is 22.7 Å². The Morgan fingerprint density at radius 2 is 2.17 bits per heavy atom. The highest BCUT2D eigenvalue weighted by molar-refractivity contribution is 9.10. The number of hydrogen-bond acceptors (Lipinski definition) is 3. The summed E-state index contributed by atoms with van der Waals surface area (Å²) in [5, 5.41) is 16.4. The maximum Gasteiger partial charge on any atom is 0.123 e. The standard InChI is InChI=1S/C13H20BrN3O/c1-9(2)17(6-3-7-18)10-4-5-11(13(15)16)12(14)8-10/h4-5,8-9,18H,3,6-7H2,1-2H3,(H3,15,16). The number of nitrogens with two attached hydrogens (primary N) is 1. The summed E-state index contributed by atoms with van der Waals surface area (Å²) in [6, 6.07) is 6.12. The summed E-state index contributed by atoms with van der Waals surface area (Å²) in [7, 11) is 0. The predicted octanol–water partition coefficient (Wildman–Crippen LogP) is 2.33. The van der Waals surface area contributed by atoms with Gasteiger partial charge in [0.15, 0.2) is 0 Å². The molecule has 0 aliphatic rings. The summed E-state index contributed by atoms with van der Waals surface area (Å²) in [6.07, 6.45) is 0.740. The largest absolute Gasteiger partial charge is 0.396 e. The summed E-state index contributed by atoms with van der Waals surface area (Å²) in [5.74, 6) is 0.0554. The van der Waals surface area contributed by atoms with Gasteiger partial charge in [0.2, 0.25) is 0 Å². The molecule has 0 aromatic heterocycles. The van der Waals surface area contributed by atoms with E-state index in [0.717, 1.165) is 23.1 Å². The summed E-state index contributed by atoms with van der Waals surface area (Å²) in [4.78, 5) is 2.21. The number of benzene rings is 1. The Balaban J connectivity index is 2.99. The molecule has 0 atom stereocenters. The van der Waals surface area contributed by atoms with Crippen molar-refractivity contribution >= 4 is 27.5 Å². The topological polar surface area (TPSA) is 73.3 Å². The lowest BCUT2D eigenvalue weighted by Crippen LogP contribution is -2.32. The van der Waals surface area contributed by atoms with Crippen molar-refractivity contribution in [1.29, 1.82) is 5.41 Å². The number of nitrogens with one attached hydrogen (secondary N) is 1. The first-order chi connectivity index (χ1) is 8.47. The second-order valence-corrected chi connectivity index (χ2v) is 5.30. The highest BCUT2D eigenvalue weighted by Gasteiger charge is 2.12. The van der Waals surface area contributed by atoms with E-state index in [-0.39, 0.29) is 12.4 Å². The second kappa shape index (κ2) is 6.75. The molecule has 1 aromatic rings. The number of anilines is 1. The van der Waals surface area contributed by atoms with E-state index in [2.05, 4.69) is 34.7 Å². The van der Waals surface area contributed by atoms with Gasteiger partial charge in [-0.1, -0.05) is 0 Å². The average molecular weight is 314 g/mol. The van der Waals surface area contributed by atoms with Gasteiger partial charge in [-0.15, -0.1) is 0 Å². The Kier molecular flexibility index (Phi) is 5.62. The van der Waals surface area contributed by atoms with Gasteiger partial charge in [0.05, 0.1) is 0 Å². The number of rotatable bonds is 6. The molecule has 5 heteroatoms. The van der Waals surface area contributed by atoms with Crippen LogP contribution in [0.3, 0.4) is 0 Å². The van der Waals surface area contributed by atoms with Crippen LogP contribution in [0.1, 0.15) is 25.8 Å². The van der Waals surface area contributed by atoms with Gasteiger partial charge >= 0.3 is 0 Å². The van der Waals surface area contributed by atoms with Crippen LogP contribution in [0, 0.1) is 5.41 Å². The van der Waals surface area contributed by atoms with Crippen LogP contribution in [-0.2, 0) is 0 Å². The van der Waals surface area contributed by atoms with E-state index >= 15 is 0 Å². The molecule has 0 unspecified atom stereocenters. The van der Waals surface area contributed by atoms with Crippen molar-refractivity contribution in [2.45, 2.75) is 26.3 Å². The van der Waals surface area contributed by atoms with Crippen LogP contribution in [0.4, 0.5) is 5.69 Å². The maximum absolute atomic E-state index is 8.93. The highest BCUT2D eigenvalue weighted by atomic mass is 79.9. The van der Waals surface area contributed by atoms with E-state index in [9.17, 15) is 0 Å².